The Hall–Kier alpha value is -1.70. The topological polar surface area (TPSA) is 87.2 Å². The van der Waals surface area contributed by atoms with Crippen LogP contribution < -0.4 is 10.6 Å². The second-order valence-electron chi connectivity index (χ2n) is 6.80. The molecule has 0 radical (unpaired) electrons. The van der Waals surface area contributed by atoms with Gasteiger partial charge < -0.3 is 10.2 Å². The van der Waals surface area contributed by atoms with Crippen molar-refractivity contribution in [3.63, 3.8) is 0 Å². The van der Waals surface area contributed by atoms with E-state index >= 15 is 0 Å². The second-order valence-corrected chi connectivity index (χ2v) is 7.78. The van der Waals surface area contributed by atoms with Crippen LogP contribution in [0.4, 0.5) is 9.93 Å². The Labute approximate surface area is 134 Å². The predicted molar refractivity (Wildman–Crippen MR) is 86.0 cm³/mol. The molecular weight excluding hydrogens is 302 g/mol. The number of amides is 3. The van der Waals surface area contributed by atoms with Crippen molar-refractivity contribution >= 4 is 28.4 Å². The monoisotopic (exact) mass is 325 g/mol. The third-order valence-corrected chi connectivity index (χ3v) is 4.67. The van der Waals surface area contributed by atoms with E-state index < -0.39 is 0 Å². The SMILES string of the molecule is CC(C)N1C[C@H](NC(=O)Nc2nnc(C(C)(C)C)s2)CC1=O. The van der Waals surface area contributed by atoms with Crippen LogP contribution >= 0.6 is 11.3 Å². The van der Waals surface area contributed by atoms with Crippen LogP contribution in [0.15, 0.2) is 0 Å². The van der Waals surface area contributed by atoms with Crippen LogP contribution in [0.5, 0.6) is 0 Å². The Kier molecular flexibility index (Phi) is 4.69. The van der Waals surface area contributed by atoms with Crippen molar-refractivity contribution in [1.82, 2.24) is 20.4 Å². The smallest absolute Gasteiger partial charge is 0.321 e. The zero-order valence-electron chi connectivity index (χ0n) is 13.6. The van der Waals surface area contributed by atoms with Crippen LogP contribution in [0.25, 0.3) is 0 Å². The number of rotatable bonds is 3. The van der Waals surface area contributed by atoms with E-state index in [-0.39, 0.29) is 29.4 Å². The molecule has 1 aliphatic heterocycles. The molecule has 0 spiro atoms. The van der Waals surface area contributed by atoms with Crippen molar-refractivity contribution in [2.24, 2.45) is 0 Å². The van der Waals surface area contributed by atoms with Gasteiger partial charge in [-0.2, -0.15) is 0 Å². The zero-order chi connectivity index (χ0) is 16.5. The number of carbonyl (C=O) groups excluding carboxylic acids is 2. The van der Waals surface area contributed by atoms with E-state index in [2.05, 4.69) is 20.8 Å². The summed E-state index contributed by atoms with van der Waals surface area (Å²) in [5.41, 5.74) is -0.0935. The molecule has 1 aromatic rings. The maximum atomic E-state index is 12.0. The lowest BCUT2D eigenvalue weighted by molar-refractivity contribution is -0.129. The van der Waals surface area contributed by atoms with Crippen molar-refractivity contribution in [2.75, 3.05) is 11.9 Å². The molecule has 22 heavy (non-hydrogen) atoms. The Morgan fingerprint density at radius 2 is 2.05 bits per heavy atom. The molecule has 2 heterocycles. The molecule has 0 unspecified atom stereocenters. The molecule has 0 bridgehead atoms. The van der Waals surface area contributed by atoms with Gasteiger partial charge in [0.15, 0.2) is 0 Å². The van der Waals surface area contributed by atoms with Gasteiger partial charge in [0.25, 0.3) is 0 Å². The Balaban J connectivity index is 1.89. The van der Waals surface area contributed by atoms with Gasteiger partial charge in [-0.3, -0.25) is 10.1 Å². The molecule has 0 aromatic carbocycles. The van der Waals surface area contributed by atoms with Crippen molar-refractivity contribution in [2.45, 2.75) is 58.5 Å². The molecule has 2 rings (SSSR count). The van der Waals surface area contributed by atoms with Gasteiger partial charge in [-0.25, -0.2) is 4.79 Å². The maximum absolute atomic E-state index is 12.0. The molecule has 1 saturated heterocycles. The van der Waals surface area contributed by atoms with Crippen molar-refractivity contribution in [3.05, 3.63) is 5.01 Å². The highest BCUT2D eigenvalue weighted by Gasteiger charge is 2.32. The largest absolute Gasteiger partial charge is 0.338 e. The van der Waals surface area contributed by atoms with E-state index in [4.69, 9.17) is 0 Å². The van der Waals surface area contributed by atoms with Gasteiger partial charge in [0.1, 0.15) is 5.01 Å². The molecule has 1 aromatic heterocycles. The van der Waals surface area contributed by atoms with E-state index in [1.807, 2.05) is 34.6 Å². The summed E-state index contributed by atoms with van der Waals surface area (Å²) in [7, 11) is 0. The number of nitrogens with zero attached hydrogens (tertiary/aromatic N) is 3. The minimum absolute atomic E-state index is 0.0752. The fraction of sp³-hybridized carbons (Fsp3) is 0.714. The summed E-state index contributed by atoms with van der Waals surface area (Å²) in [6.45, 7) is 10.6. The Morgan fingerprint density at radius 3 is 2.55 bits per heavy atom. The van der Waals surface area contributed by atoms with E-state index in [9.17, 15) is 9.59 Å². The van der Waals surface area contributed by atoms with Crippen molar-refractivity contribution < 1.29 is 9.59 Å². The lowest BCUT2D eigenvalue weighted by Crippen LogP contribution is -2.40. The molecular formula is C14H23N5O2S. The summed E-state index contributed by atoms with van der Waals surface area (Å²) in [6.07, 6.45) is 0.342. The molecule has 3 amide bonds. The maximum Gasteiger partial charge on any atom is 0.321 e. The molecule has 122 valence electrons. The first-order chi connectivity index (χ1) is 10.2. The highest BCUT2D eigenvalue weighted by molar-refractivity contribution is 7.15. The highest BCUT2D eigenvalue weighted by atomic mass is 32.1. The van der Waals surface area contributed by atoms with E-state index in [1.165, 1.54) is 11.3 Å². The van der Waals surface area contributed by atoms with Crippen molar-refractivity contribution in [3.8, 4) is 0 Å². The molecule has 1 fully saturated rings. The lowest BCUT2D eigenvalue weighted by atomic mass is 9.98. The molecule has 7 nitrogen and oxygen atoms in total. The standard InChI is InChI=1S/C14H23N5O2S/c1-8(2)19-7-9(6-10(19)20)15-12(21)16-13-18-17-11(22-13)14(3,4)5/h8-9H,6-7H2,1-5H3,(H2,15,16,18,21)/t9-/m1/s1. The normalized spacial score (nSPS) is 18.9. The summed E-state index contributed by atoms with van der Waals surface area (Å²) in [5, 5.41) is 14.9. The highest BCUT2D eigenvalue weighted by Crippen LogP contribution is 2.27. The van der Waals surface area contributed by atoms with Gasteiger partial charge in [-0.05, 0) is 13.8 Å². The van der Waals surface area contributed by atoms with Crippen LogP contribution in [0.3, 0.4) is 0 Å². The third kappa shape index (κ3) is 3.94. The molecule has 8 heteroatoms. The quantitative estimate of drug-likeness (QED) is 0.889. The van der Waals surface area contributed by atoms with Gasteiger partial charge in [-0.1, -0.05) is 32.1 Å². The number of hydrogen-bond acceptors (Lipinski definition) is 5. The molecule has 0 aliphatic carbocycles. The second kappa shape index (κ2) is 6.20. The van der Waals surface area contributed by atoms with Gasteiger partial charge in [0.05, 0.1) is 6.04 Å². The fourth-order valence-electron chi connectivity index (χ4n) is 2.22. The molecule has 2 N–H and O–H groups in total. The van der Waals surface area contributed by atoms with Crippen molar-refractivity contribution in [1.29, 1.82) is 0 Å². The number of aromatic nitrogens is 2. The number of hydrogen-bond donors (Lipinski definition) is 2. The Bertz CT molecular complexity index is 564. The molecule has 0 saturated carbocycles. The zero-order valence-corrected chi connectivity index (χ0v) is 14.5. The lowest BCUT2D eigenvalue weighted by Gasteiger charge is -2.21. The number of likely N-dealkylation sites (tertiary alicyclic amines) is 1. The van der Waals surface area contributed by atoms with Gasteiger partial charge >= 0.3 is 6.03 Å². The predicted octanol–water partition coefficient (Wildman–Crippen LogP) is 1.97. The fourth-order valence-corrected chi connectivity index (χ4v) is 3.02. The summed E-state index contributed by atoms with van der Waals surface area (Å²) in [5.74, 6) is 0.0752. The minimum atomic E-state index is -0.347. The van der Waals surface area contributed by atoms with Crippen LogP contribution in [0.2, 0.25) is 0 Å². The van der Waals surface area contributed by atoms with Gasteiger partial charge in [0.2, 0.25) is 11.0 Å². The molecule has 1 atom stereocenters. The van der Waals surface area contributed by atoms with Gasteiger partial charge in [0, 0.05) is 24.4 Å². The minimum Gasteiger partial charge on any atom is -0.338 e. The van der Waals surface area contributed by atoms with Crippen LogP contribution in [-0.4, -0.2) is 45.7 Å². The number of nitrogens with one attached hydrogen (secondary N) is 2. The first kappa shape index (κ1) is 16.7. The number of urea groups is 1. The summed E-state index contributed by atoms with van der Waals surface area (Å²) >= 11 is 1.36. The number of carbonyl (C=O) groups is 2. The first-order valence-corrected chi connectivity index (χ1v) is 8.19. The average molecular weight is 325 g/mol. The molecule has 1 aliphatic rings. The van der Waals surface area contributed by atoms with Crippen LogP contribution in [-0.2, 0) is 10.2 Å². The van der Waals surface area contributed by atoms with Gasteiger partial charge in [-0.15, -0.1) is 10.2 Å². The van der Waals surface area contributed by atoms with Crippen LogP contribution in [0, 0.1) is 0 Å². The summed E-state index contributed by atoms with van der Waals surface area (Å²) in [4.78, 5) is 25.6. The average Bonchev–Trinajstić information content (AvgIpc) is 2.95. The Morgan fingerprint density at radius 1 is 1.36 bits per heavy atom. The van der Waals surface area contributed by atoms with E-state index in [0.717, 1.165) is 5.01 Å². The third-order valence-electron chi connectivity index (χ3n) is 3.40. The van der Waals surface area contributed by atoms with Crippen LogP contribution in [0.1, 0.15) is 46.0 Å². The first-order valence-electron chi connectivity index (χ1n) is 7.38. The number of anilines is 1. The summed E-state index contributed by atoms with van der Waals surface area (Å²) in [6, 6.07) is -0.357. The summed E-state index contributed by atoms with van der Waals surface area (Å²) < 4.78 is 0. The van der Waals surface area contributed by atoms with E-state index in [1.54, 1.807) is 4.90 Å². The van der Waals surface area contributed by atoms with E-state index in [0.29, 0.717) is 18.1 Å².